The van der Waals surface area contributed by atoms with Crippen molar-refractivity contribution in [2.24, 2.45) is 0 Å². The first kappa shape index (κ1) is 15.1. The number of rotatable bonds is 5. The van der Waals surface area contributed by atoms with E-state index >= 15 is 0 Å². The molecule has 5 heteroatoms. The van der Waals surface area contributed by atoms with Crippen LogP contribution in [-0.4, -0.2) is 16.8 Å². The van der Waals surface area contributed by atoms with Gasteiger partial charge < -0.3 is 5.32 Å². The van der Waals surface area contributed by atoms with E-state index in [0.29, 0.717) is 6.04 Å². The first-order valence-electron chi connectivity index (χ1n) is 7.64. The zero-order valence-electron chi connectivity index (χ0n) is 12.6. The third kappa shape index (κ3) is 3.17. The monoisotopic (exact) mass is 323 g/mol. The van der Waals surface area contributed by atoms with Gasteiger partial charge in [-0.2, -0.15) is 5.10 Å². The number of aryl methyl sites for hydroxylation is 1. The summed E-state index contributed by atoms with van der Waals surface area (Å²) in [6.07, 6.45) is 8.24. The van der Waals surface area contributed by atoms with Crippen molar-refractivity contribution in [1.29, 1.82) is 0 Å². The highest BCUT2D eigenvalue weighted by molar-refractivity contribution is 7.10. The minimum atomic E-state index is 0.239. The van der Waals surface area contributed by atoms with Crippen LogP contribution in [0.3, 0.4) is 0 Å². The molecule has 0 spiro atoms. The molecule has 0 amide bonds. The molecule has 0 aromatic carbocycles. The second kappa shape index (κ2) is 6.51. The molecule has 3 rings (SSSR count). The van der Waals surface area contributed by atoms with Crippen LogP contribution < -0.4 is 5.32 Å². The normalized spacial score (nSPS) is 17.5. The van der Waals surface area contributed by atoms with Crippen LogP contribution in [-0.2, 0) is 6.42 Å². The molecule has 1 aliphatic rings. The fourth-order valence-electron chi connectivity index (χ4n) is 3.08. The zero-order valence-corrected chi connectivity index (χ0v) is 14.2. The smallest absolute Gasteiger partial charge is 0.0644 e. The highest BCUT2D eigenvalue weighted by Crippen LogP contribution is 2.34. The van der Waals surface area contributed by atoms with E-state index < -0.39 is 0 Å². The molecule has 1 unspecified atom stereocenters. The lowest BCUT2D eigenvalue weighted by Gasteiger charge is -2.14. The molecule has 2 heterocycles. The first-order chi connectivity index (χ1) is 10.2. The summed E-state index contributed by atoms with van der Waals surface area (Å²) in [6.45, 7) is 2.06. The molecule has 0 bridgehead atoms. The zero-order chi connectivity index (χ0) is 14.8. The van der Waals surface area contributed by atoms with E-state index in [1.54, 1.807) is 11.3 Å². The van der Waals surface area contributed by atoms with Gasteiger partial charge in [-0.15, -0.1) is 11.3 Å². The van der Waals surface area contributed by atoms with Crippen molar-refractivity contribution in [3.05, 3.63) is 38.8 Å². The quantitative estimate of drug-likeness (QED) is 0.876. The van der Waals surface area contributed by atoms with Crippen LogP contribution in [0.2, 0.25) is 5.02 Å². The molecule has 2 aromatic rings. The summed E-state index contributed by atoms with van der Waals surface area (Å²) in [7, 11) is 1.99. The lowest BCUT2D eigenvalue weighted by molar-refractivity contribution is 0.459. The predicted octanol–water partition coefficient (Wildman–Crippen LogP) is 4.52. The van der Waals surface area contributed by atoms with Gasteiger partial charge in [0.25, 0.3) is 0 Å². The maximum absolute atomic E-state index is 6.40. The molecule has 1 N–H and O–H groups in total. The number of likely N-dealkylation sites (N-methyl/N-ethyl adjacent to an activating group) is 1. The van der Waals surface area contributed by atoms with Gasteiger partial charge >= 0.3 is 0 Å². The van der Waals surface area contributed by atoms with Crippen molar-refractivity contribution in [2.75, 3.05) is 7.05 Å². The first-order valence-corrected chi connectivity index (χ1v) is 8.89. The second-order valence-corrected chi connectivity index (χ2v) is 7.16. The average molecular weight is 324 g/mol. The van der Waals surface area contributed by atoms with Crippen molar-refractivity contribution in [1.82, 2.24) is 15.1 Å². The van der Waals surface area contributed by atoms with Crippen molar-refractivity contribution in [3.8, 4) is 0 Å². The maximum Gasteiger partial charge on any atom is 0.0644 e. The van der Waals surface area contributed by atoms with Crippen molar-refractivity contribution in [3.63, 3.8) is 0 Å². The number of hydrogen-bond acceptors (Lipinski definition) is 3. The Labute approximate surface area is 135 Å². The molecule has 114 valence electrons. The number of halogens is 1. The number of hydrogen-bond donors (Lipinski definition) is 1. The topological polar surface area (TPSA) is 29.9 Å². The van der Waals surface area contributed by atoms with Crippen LogP contribution in [0.5, 0.6) is 0 Å². The number of nitrogens with one attached hydrogen (secondary N) is 1. The van der Waals surface area contributed by atoms with Crippen LogP contribution in [0.4, 0.5) is 0 Å². The average Bonchev–Trinajstić information content (AvgIpc) is 3.20. The highest BCUT2D eigenvalue weighted by Gasteiger charge is 2.20. The fraction of sp³-hybridized carbons (Fsp3) is 0.562. The molecule has 0 aliphatic heterocycles. The predicted molar refractivity (Wildman–Crippen MR) is 89.3 cm³/mol. The van der Waals surface area contributed by atoms with Crippen LogP contribution in [0.25, 0.3) is 0 Å². The Morgan fingerprint density at radius 1 is 1.48 bits per heavy atom. The lowest BCUT2D eigenvalue weighted by atomic mass is 10.1. The Morgan fingerprint density at radius 3 is 2.86 bits per heavy atom. The summed E-state index contributed by atoms with van der Waals surface area (Å²) < 4.78 is 2.16. The van der Waals surface area contributed by atoms with E-state index in [-0.39, 0.29) is 6.04 Å². The minimum Gasteiger partial charge on any atom is -0.312 e. The largest absolute Gasteiger partial charge is 0.312 e. The number of nitrogens with zero attached hydrogens (tertiary/aromatic N) is 2. The van der Waals surface area contributed by atoms with Crippen molar-refractivity contribution >= 4 is 22.9 Å². The number of thiophene rings is 1. The van der Waals surface area contributed by atoms with Gasteiger partial charge in [0.05, 0.1) is 16.8 Å². The van der Waals surface area contributed by atoms with E-state index in [2.05, 4.69) is 34.6 Å². The van der Waals surface area contributed by atoms with Crippen LogP contribution in [0.1, 0.15) is 53.9 Å². The summed E-state index contributed by atoms with van der Waals surface area (Å²) in [5.74, 6) is 0. The van der Waals surface area contributed by atoms with Crippen LogP contribution >= 0.6 is 22.9 Å². The Bertz CT molecular complexity index is 598. The van der Waals surface area contributed by atoms with Gasteiger partial charge in [0.2, 0.25) is 0 Å². The van der Waals surface area contributed by atoms with E-state index in [1.165, 1.54) is 30.6 Å². The standard InChI is InChI=1S/C16H22ClN3S/c1-11-10-21-16(15(11)17)14(18-2)9-12-7-8-20(19-12)13-5-3-4-6-13/h7-8,10,13-14,18H,3-6,9H2,1-2H3. The van der Waals surface area contributed by atoms with Gasteiger partial charge in [-0.1, -0.05) is 24.4 Å². The molecule has 3 nitrogen and oxygen atoms in total. The van der Waals surface area contributed by atoms with E-state index in [1.807, 2.05) is 7.05 Å². The van der Waals surface area contributed by atoms with Gasteiger partial charge in [0.1, 0.15) is 0 Å². The molecule has 0 radical (unpaired) electrons. The van der Waals surface area contributed by atoms with E-state index in [4.69, 9.17) is 16.7 Å². The highest BCUT2D eigenvalue weighted by atomic mass is 35.5. The lowest BCUT2D eigenvalue weighted by Crippen LogP contribution is -2.18. The SMILES string of the molecule is CNC(Cc1ccn(C2CCCC2)n1)c1scc(C)c1Cl. The molecule has 1 atom stereocenters. The number of aromatic nitrogens is 2. The molecule has 1 fully saturated rings. The van der Waals surface area contributed by atoms with Gasteiger partial charge in [0.15, 0.2) is 0 Å². The summed E-state index contributed by atoms with van der Waals surface area (Å²) >= 11 is 8.13. The Kier molecular flexibility index (Phi) is 4.67. The van der Waals surface area contributed by atoms with E-state index in [9.17, 15) is 0 Å². The molecule has 1 aliphatic carbocycles. The fourth-order valence-corrected chi connectivity index (χ4v) is 4.51. The van der Waals surface area contributed by atoms with Crippen molar-refractivity contribution < 1.29 is 0 Å². The molecule has 2 aromatic heterocycles. The van der Waals surface area contributed by atoms with Crippen molar-refractivity contribution in [2.45, 2.75) is 51.1 Å². The van der Waals surface area contributed by atoms with Crippen LogP contribution in [0.15, 0.2) is 17.6 Å². The molecular formula is C16H22ClN3S. The summed E-state index contributed by atoms with van der Waals surface area (Å²) in [5.41, 5.74) is 2.30. The third-order valence-corrected chi connectivity index (χ3v) is 6.19. The van der Waals surface area contributed by atoms with E-state index in [0.717, 1.165) is 22.7 Å². The van der Waals surface area contributed by atoms with Gasteiger partial charge in [-0.05, 0) is 43.8 Å². The molecule has 0 saturated heterocycles. The molecule has 21 heavy (non-hydrogen) atoms. The van der Waals surface area contributed by atoms with Gasteiger partial charge in [0, 0.05) is 23.5 Å². The molecular weight excluding hydrogens is 302 g/mol. The summed E-state index contributed by atoms with van der Waals surface area (Å²) in [4.78, 5) is 1.21. The second-order valence-electron chi connectivity index (χ2n) is 5.87. The van der Waals surface area contributed by atoms with Gasteiger partial charge in [-0.25, -0.2) is 0 Å². The van der Waals surface area contributed by atoms with Crippen LogP contribution in [0, 0.1) is 6.92 Å². The minimum absolute atomic E-state index is 0.239. The summed E-state index contributed by atoms with van der Waals surface area (Å²) in [6, 6.07) is 3.00. The Hall–Kier alpha value is -0.840. The maximum atomic E-state index is 6.40. The Balaban J connectivity index is 1.73. The van der Waals surface area contributed by atoms with Gasteiger partial charge in [-0.3, -0.25) is 4.68 Å². The third-order valence-electron chi connectivity index (χ3n) is 4.37. The summed E-state index contributed by atoms with van der Waals surface area (Å²) in [5, 5.41) is 11.2. The molecule has 1 saturated carbocycles. The Morgan fingerprint density at radius 2 is 2.24 bits per heavy atom.